The summed E-state index contributed by atoms with van der Waals surface area (Å²) in [6, 6.07) is 0. The van der Waals surface area contributed by atoms with E-state index < -0.39 is 0 Å². The first-order valence-electron chi connectivity index (χ1n) is 11.5. The minimum Gasteiger partial charge on any atom is -0.469 e. The lowest BCUT2D eigenvalue weighted by molar-refractivity contribution is -0.146. The molecular weight excluding hydrogens is 479 g/mol. The molecule has 2 aliphatic heterocycles. The van der Waals surface area contributed by atoms with E-state index >= 15 is 0 Å². The van der Waals surface area contributed by atoms with Crippen LogP contribution in [-0.4, -0.2) is 73.6 Å². The molecule has 0 radical (unpaired) electrons. The second-order valence-corrected chi connectivity index (χ2v) is 8.79. The Labute approximate surface area is 194 Å². The van der Waals surface area contributed by atoms with E-state index in [0.29, 0.717) is 0 Å². The fourth-order valence-electron chi connectivity index (χ4n) is 5.29. The molecule has 1 N–H and O–H groups in total. The van der Waals surface area contributed by atoms with Crippen molar-refractivity contribution in [3.63, 3.8) is 0 Å². The second kappa shape index (κ2) is 12.3. The van der Waals surface area contributed by atoms with Crippen LogP contribution in [0.3, 0.4) is 0 Å². The van der Waals surface area contributed by atoms with Gasteiger partial charge >= 0.3 is 5.97 Å². The third-order valence-corrected chi connectivity index (χ3v) is 7.00. The summed E-state index contributed by atoms with van der Waals surface area (Å²) >= 11 is 0. The summed E-state index contributed by atoms with van der Waals surface area (Å²) in [5.41, 5.74) is 0.268. The van der Waals surface area contributed by atoms with Crippen LogP contribution in [0.15, 0.2) is 4.99 Å². The predicted molar refractivity (Wildman–Crippen MR) is 129 cm³/mol. The Hall–Kier alpha value is -0.570. The van der Waals surface area contributed by atoms with E-state index in [1.54, 1.807) is 0 Å². The quantitative estimate of drug-likeness (QED) is 0.260. The van der Waals surface area contributed by atoms with Crippen LogP contribution in [0.5, 0.6) is 0 Å². The van der Waals surface area contributed by atoms with Gasteiger partial charge in [0.2, 0.25) is 0 Å². The standard InChI is InChI=1S/C22H40N4O2.HI/c1-3-23-21(25-16-10-19(11-17-25)20(27)28-2)24-18-22(12-6-4-7-13-22)26-14-8-5-9-15-26;/h19H,3-18H2,1-2H3,(H,23,24);1H. The number of piperidine rings is 2. The molecule has 2 heterocycles. The first-order valence-corrected chi connectivity index (χ1v) is 11.5. The van der Waals surface area contributed by atoms with Gasteiger partial charge in [0.25, 0.3) is 0 Å². The molecule has 0 amide bonds. The van der Waals surface area contributed by atoms with Gasteiger partial charge in [-0.3, -0.25) is 14.7 Å². The number of hydrogen-bond acceptors (Lipinski definition) is 4. The topological polar surface area (TPSA) is 57.2 Å². The third-order valence-electron chi connectivity index (χ3n) is 7.00. The molecule has 3 aliphatic rings. The number of likely N-dealkylation sites (tertiary alicyclic amines) is 2. The maximum absolute atomic E-state index is 11.8. The average Bonchev–Trinajstić information content (AvgIpc) is 2.77. The molecule has 0 bridgehead atoms. The van der Waals surface area contributed by atoms with Crippen LogP contribution in [0.1, 0.15) is 71.1 Å². The van der Waals surface area contributed by atoms with Crippen LogP contribution < -0.4 is 5.32 Å². The minimum atomic E-state index is -0.0622. The maximum Gasteiger partial charge on any atom is 0.308 e. The fraction of sp³-hybridized carbons (Fsp3) is 0.909. The first kappa shape index (κ1) is 24.7. The molecular formula is C22H41IN4O2. The molecule has 168 valence electrons. The highest BCUT2D eigenvalue weighted by Crippen LogP contribution is 2.36. The summed E-state index contributed by atoms with van der Waals surface area (Å²) in [5, 5.41) is 3.51. The molecule has 7 heteroatoms. The van der Waals surface area contributed by atoms with E-state index in [0.717, 1.165) is 45.0 Å². The number of guanidine groups is 1. The van der Waals surface area contributed by atoms with Crippen LogP contribution in [0, 0.1) is 5.92 Å². The van der Waals surface area contributed by atoms with Gasteiger partial charge in [0.15, 0.2) is 5.96 Å². The van der Waals surface area contributed by atoms with E-state index in [9.17, 15) is 4.79 Å². The largest absolute Gasteiger partial charge is 0.469 e. The highest BCUT2D eigenvalue weighted by Gasteiger charge is 2.38. The van der Waals surface area contributed by atoms with E-state index in [-0.39, 0.29) is 41.4 Å². The molecule has 29 heavy (non-hydrogen) atoms. The number of esters is 1. The van der Waals surface area contributed by atoms with Crippen LogP contribution >= 0.6 is 24.0 Å². The molecule has 2 saturated heterocycles. The number of halogens is 1. The molecule has 0 spiro atoms. The first-order chi connectivity index (χ1) is 13.7. The van der Waals surface area contributed by atoms with Gasteiger partial charge in [-0.1, -0.05) is 25.7 Å². The van der Waals surface area contributed by atoms with Crippen molar-refractivity contribution in [2.45, 2.75) is 76.7 Å². The number of hydrogen-bond donors (Lipinski definition) is 1. The Kier molecular flexibility index (Phi) is 10.5. The Bertz CT molecular complexity index is 523. The van der Waals surface area contributed by atoms with Crippen LogP contribution in [0.4, 0.5) is 0 Å². The van der Waals surface area contributed by atoms with Crippen LogP contribution in [0.2, 0.25) is 0 Å². The number of nitrogens with zero attached hydrogens (tertiary/aromatic N) is 3. The van der Waals surface area contributed by atoms with Crippen molar-refractivity contribution < 1.29 is 9.53 Å². The van der Waals surface area contributed by atoms with Crippen molar-refractivity contribution in [2.75, 3.05) is 46.4 Å². The number of methoxy groups -OCH3 is 1. The zero-order valence-corrected chi connectivity index (χ0v) is 20.8. The van der Waals surface area contributed by atoms with Crippen LogP contribution in [-0.2, 0) is 9.53 Å². The SMILES string of the molecule is CCNC(=NCC1(N2CCCCC2)CCCCC1)N1CCC(C(=O)OC)CC1.I. The second-order valence-electron chi connectivity index (χ2n) is 8.79. The molecule has 3 rings (SSSR count). The Morgan fingerprint density at radius 3 is 2.24 bits per heavy atom. The van der Waals surface area contributed by atoms with Gasteiger partial charge < -0.3 is 15.0 Å². The van der Waals surface area contributed by atoms with Gasteiger partial charge in [-0.2, -0.15) is 0 Å². The molecule has 0 aromatic rings. The van der Waals surface area contributed by atoms with Crippen molar-refractivity contribution in [1.29, 1.82) is 0 Å². The Morgan fingerprint density at radius 1 is 1.03 bits per heavy atom. The number of carbonyl (C=O) groups excluding carboxylic acids is 1. The number of carbonyl (C=O) groups is 1. The highest BCUT2D eigenvalue weighted by molar-refractivity contribution is 14.0. The zero-order valence-electron chi connectivity index (χ0n) is 18.5. The third kappa shape index (κ3) is 6.45. The van der Waals surface area contributed by atoms with Gasteiger partial charge in [-0.15, -0.1) is 24.0 Å². The smallest absolute Gasteiger partial charge is 0.308 e. The minimum absolute atomic E-state index is 0. The van der Waals surface area contributed by atoms with E-state index in [1.165, 1.54) is 71.6 Å². The van der Waals surface area contributed by atoms with Gasteiger partial charge in [0.05, 0.1) is 19.6 Å². The van der Waals surface area contributed by atoms with Crippen molar-refractivity contribution in [1.82, 2.24) is 15.1 Å². The highest BCUT2D eigenvalue weighted by atomic mass is 127. The number of ether oxygens (including phenoxy) is 1. The lowest BCUT2D eigenvalue weighted by atomic mass is 9.79. The van der Waals surface area contributed by atoms with E-state index in [2.05, 4.69) is 22.0 Å². The molecule has 1 saturated carbocycles. The summed E-state index contributed by atoms with van der Waals surface area (Å²) in [4.78, 5) is 22.1. The lowest BCUT2D eigenvalue weighted by Gasteiger charge is -2.47. The molecule has 0 unspecified atom stereocenters. The van der Waals surface area contributed by atoms with Crippen molar-refractivity contribution in [2.24, 2.45) is 10.9 Å². The summed E-state index contributed by atoms with van der Waals surface area (Å²) in [6.45, 7) is 8.17. The van der Waals surface area contributed by atoms with Crippen molar-refractivity contribution in [3.8, 4) is 0 Å². The predicted octanol–water partition coefficient (Wildman–Crippen LogP) is 3.64. The van der Waals surface area contributed by atoms with Gasteiger partial charge in [-0.25, -0.2) is 0 Å². The number of rotatable bonds is 5. The summed E-state index contributed by atoms with van der Waals surface area (Å²) in [7, 11) is 1.49. The van der Waals surface area contributed by atoms with Gasteiger partial charge in [-0.05, 0) is 58.5 Å². The number of nitrogens with one attached hydrogen (secondary N) is 1. The molecule has 0 aromatic heterocycles. The van der Waals surface area contributed by atoms with E-state index in [4.69, 9.17) is 9.73 Å². The van der Waals surface area contributed by atoms with Gasteiger partial charge in [0, 0.05) is 25.2 Å². The van der Waals surface area contributed by atoms with E-state index in [1.807, 2.05) is 0 Å². The number of aliphatic imine (C=N–C) groups is 1. The maximum atomic E-state index is 11.8. The van der Waals surface area contributed by atoms with Crippen molar-refractivity contribution >= 4 is 35.9 Å². The lowest BCUT2D eigenvalue weighted by Crippen LogP contribution is -2.55. The summed E-state index contributed by atoms with van der Waals surface area (Å²) in [5.74, 6) is 1.02. The van der Waals surface area contributed by atoms with Gasteiger partial charge in [0.1, 0.15) is 0 Å². The molecule has 0 aromatic carbocycles. The zero-order chi connectivity index (χ0) is 19.8. The van der Waals surface area contributed by atoms with Crippen molar-refractivity contribution in [3.05, 3.63) is 0 Å². The average molecular weight is 521 g/mol. The molecule has 0 atom stereocenters. The fourth-order valence-corrected chi connectivity index (χ4v) is 5.29. The molecule has 6 nitrogen and oxygen atoms in total. The summed E-state index contributed by atoms with van der Waals surface area (Å²) in [6.07, 6.45) is 12.4. The molecule has 1 aliphatic carbocycles. The molecule has 3 fully saturated rings. The Morgan fingerprint density at radius 2 is 1.66 bits per heavy atom. The monoisotopic (exact) mass is 520 g/mol. The summed E-state index contributed by atoms with van der Waals surface area (Å²) < 4.78 is 4.93. The van der Waals surface area contributed by atoms with Crippen LogP contribution in [0.25, 0.3) is 0 Å². The normalized spacial score (nSPS) is 23.9. The Balaban J connectivity index is 0.00000300.